The lowest BCUT2D eigenvalue weighted by molar-refractivity contribution is -0.120. The molecule has 0 aliphatic heterocycles. The zero-order chi connectivity index (χ0) is 19.8. The van der Waals surface area contributed by atoms with E-state index in [2.05, 4.69) is 10.5 Å². The Morgan fingerprint density at radius 3 is 2.74 bits per heavy atom. The quantitative estimate of drug-likeness (QED) is 0.415. The first-order chi connectivity index (χ1) is 12.9. The molecule has 0 aliphatic rings. The third-order valence-corrected chi connectivity index (χ3v) is 4.79. The lowest BCUT2D eigenvalue weighted by Crippen LogP contribution is -2.18. The zero-order valence-electron chi connectivity index (χ0n) is 15.3. The number of carbonyl (C=O) groups excluding carboxylic acids is 2. The summed E-state index contributed by atoms with van der Waals surface area (Å²) in [5.74, 6) is -1.21. The van der Waals surface area contributed by atoms with E-state index in [9.17, 15) is 14.0 Å². The number of carbonyl (C=O) groups is 2. The molecule has 0 unspecified atom stereocenters. The summed E-state index contributed by atoms with van der Waals surface area (Å²) in [6, 6.07) is 7.78. The second-order valence-electron chi connectivity index (χ2n) is 5.84. The van der Waals surface area contributed by atoms with Gasteiger partial charge in [-0.15, -0.1) is 11.3 Å². The lowest BCUT2D eigenvalue weighted by atomic mass is 10.1. The smallest absolute Gasteiger partial charge is 0.341 e. The Kier molecular flexibility index (Phi) is 7.48. The molecule has 0 saturated carbocycles. The topological polar surface area (TPSA) is 77.0 Å². The monoisotopic (exact) mass is 392 g/mol. The van der Waals surface area contributed by atoms with Crippen LogP contribution in [-0.4, -0.2) is 31.3 Å². The fourth-order valence-corrected chi connectivity index (χ4v) is 3.15. The SMILES string of the molecule is CCOC(=O)c1cc(C(C)C)sc1NC(=O)CO/N=C\c1ccccc1F. The van der Waals surface area contributed by atoms with Crippen LogP contribution in [0.25, 0.3) is 0 Å². The van der Waals surface area contributed by atoms with E-state index in [1.54, 1.807) is 25.1 Å². The van der Waals surface area contributed by atoms with E-state index in [0.29, 0.717) is 10.6 Å². The second kappa shape index (κ2) is 9.82. The highest BCUT2D eigenvalue weighted by atomic mass is 32.1. The highest BCUT2D eigenvalue weighted by Crippen LogP contribution is 2.33. The number of halogens is 1. The van der Waals surface area contributed by atoms with Crippen molar-refractivity contribution in [1.82, 2.24) is 0 Å². The van der Waals surface area contributed by atoms with E-state index in [1.807, 2.05) is 13.8 Å². The molecule has 0 aliphatic carbocycles. The van der Waals surface area contributed by atoms with Crippen molar-refractivity contribution >= 4 is 34.4 Å². The van der Waals surface area contributed by atoms with Crippen LogP contribution < -0.4 is 5.32 Å². The van der Waals surface area contributed by atoms with E-state index < -0.39 is 17.7 Å². The summed E-state index contributed by atoms with van der Waals surface area (Å²) in [5, 5.41) is 6.64. The Balaban J connectivity index is 1.98. The number of rotatable bonds is 8. The van der Waals surface area contributed by atoms with Gasteiger partial charge in [-0.05, 0) is 25.0 Å². The van der Waals surface area contributed by atoms with Gasteiger partial charge in [0.25, 0.3) is 5.91 Å². The molecule has 0 spiro atoms. The van der Waals surface area contributed by atoms with Crippen LogP contribution in [0.1, 0.15) is 47.5 Å². The van der Waals surface area contributed by atoms with Crippen molar-refractivity contribution in [1.29, 1.82) is 0 Å². The van der Waals surface area contributed by atoms with Crippen LogP contribution in [0.15, 0.2) is 35.5 Å². The molecule has 0 bridgehead atoms. The summed E-state index contributed by atoms with van der Waals surface area (Å²) >= 11 is 1.31. The van der Waals surface area contributed by atoms with Gasteiger partial charge < -0.3 is 14.9 Å². The second-order valence-corrected chi connectivity index (χ2v) is 6.93. The van der Waals surface area contributed by atoms with Crippen LogP contribution in [0, 0.1) is 5.82 Å². The Morgan fingerprint density at radius 2 is 2.07 bits per heavy atom. The van der Waals surface area contributed by atoms with Gasteiger partial charge in [0, 0.05) is 10.4 Å². The average Bonchev–Trinajstić information content (AvgIpc) is 3.04. The number of ether oxygens (including phenoxy) is 1. The predicted octanol–water partition coefficient (Wildman–Crippen LogP) is 4.18. The Morgan fingerprint density at radius 1 is 1.33 bits per heavy atom. The molecule has 0 saturated heterocycles. The zero-order valence-corrected chi connectivity index (χ0v) is 16.1. The number of esters is 1. The van der Waals surface area contributed by atoms with Crippen molar-refractivity contribution in [2.75, 3.05) is 18.5 Å². The highest BCUT2D eigenvalue weighted by molar-refractivity contribution is 7.16. The molecule has 1 heterocycles. The average molecular weight is 392 g/mol. The standard InChI is InChI=1S/C19H21FN2O4S/c1-4-25-19(24)14-9-16(12(2)3)27-18(14)22-17(23)11-26-21-10-13-7-5-6-8-15(13)20/h5-10,12H,4,11H2,1-3H3,(H,22,23)/b21-10-. The van der Waals surface area contributed by atoms with E-state index in [1.165, 1.54) is 29.7 Å². The number of amides is 1. The van der Waals surface area contributed by atoms with Crippen molar-refractivity contribution < 1.29 is 23.6 Å². The molecule has 0 atom stereocenters. The summed E-state index contributed by atoms with van der Waals surface area (Å²) in [7, 11) is 0. The first-order valence-electron chi connectivity index (χ1n) is 8.43. The molecular weight excluding hydrogens is 371 g/mol. The molecule has 1 aromatic heterocycles. The van der Waals surface area contributed by atoms with E-state index in [-0.39, 0.29) is 24.7 Å². The van der Waals surface area contributed by atoms with Crippen LogP contribution in [-0.2, 0) is 14.4 Å². The van der Waals surface area contributed by atoms with Crippen molar-refractivity contribution in [3.05, 3.63) is 52.2 Å². The van der Waals surface area contributed by atoms with Gasteiger partial charge in [0.15, 0.2) is 6.61 Å². The largest absolute Gasteiger partial charge is 0.462 e. The van der Waals surface area contributed by atoms with Crippen molar-refractivity contribution in [2.24, 2.45) is 5.16 Å². The minimum absolute atomic E-state index is 0.204. The van der Waals surface area contributed by atoms with E-state index in [4.69, 9.17) is 9.57 Å². The molecule has 0 fully saturated rings. The van der Waals surface area contributed by atoms with E-state index in [0.717, 1.165) is 4.88 Å². The lowest BCUT2D eigenvalue weighted by Gasteiger charge is -2.05. The van der Waals surface area contributed by atoms with E-state index >= 15 is 0 Å². The molecule has 2 aromatic rings. The number of hydrogen-bond acceptors (Lipinski definition) is 6. The number of benzene rings is 1. The molecule has 8 heteroatoms. The minimum atomic E-state index is -0.491. The van der Waals surface area contributed by atoms with Crippen molar-refractivity contribution in [3.63, 3.8) is 0 Å². The van der Waals surface area contributed by atoms with Crippen LogP contribution in [0.2, 0.25) is 0 Å². The molecule has 2 rings (SSSR count). The van der Waals surface area contributed by atoms with Gasteiger partial charge in [0.05, 0.1) is 18.4 Å². The van der Waals surface area contributed by atoms with Gasteiger partial charge in [-0.3, -0.25) is 4.79 Å². The molecule has 1 aromatic carbocycles. The Hall–Kier alpha value is -2.74. The number of hydrogen-bond donors (Lipinski definition) is 1. The third kappa shape index (κ3) is 5.89. The summed E-state index contributed by atoms with van der Waals surface area (Å²) in [6.07, 6.45) is 1.19. The molecule has 1 amide bonds. The fraction of sp³-hybridized carbons (Fsp3) is 0.316. The first-order valence-corrected chi connectivity index (χ1v) is 9.24. The maximum absolute atomic E-state index is 13.4. The minimum Gasteiger partial charge on any atom is -0.462 e. The predicted molar refractivity (Wildman–Crippen MR) is 103 cm³/mol. The molecule has 6 nitrogen and oxygen atoms in total. The summed E-state index contributed by atoms with van der Waals surface area (Å²) in [5.41, 5.74) is 0.566. The van der Waals surface area contributed by atoms with Gasteiger partial charge in [0.2, 0.25) is 0 Å². The van der Waals surface area contributed by atoms with Crippen LogP contribution in [0.5, 0.6) is 0 Å². The summed E-state index contributed by atoms with van der Waals surface area (Å²) in [6.45, 7) is 5.57. The molecule has 0 radical (unpaired) electrons. The Bertz CT molecular complexity index is 833. The third-order valence-electron chi connectivity index (χ3n) is 3.44. The number of oxime groups is 1. The van der Waals surface area contributed by atoms with Gasteiger partial charge in [-0.2, -0.15) is 0 Å². The Labute approximate surface area is 161 Å². The number of anilines is 1. The van der Waals surface area contributed by atoms with Crippen LogP contribution in [0.4, 0.5) is 9.39 Å². The molecular formula is C19H21FN2O4S. The molecule has 27 heavy (non-hydrogen) atoms. The van der Waals surface area contributed by atoms with Gasteiger partial charge in [-0.25, -0.2) is 9.18 Å². The maximum atomic E-state index is 13.4. The van der Waals surface area contributed by atoms with Gasteiger partial charge >= 0.3 is 5.97 Å². The first kappa shape index (κ1) is 20.6. The summed E-state index contributed by atoms with van der Waals surface area (Å²) < 4.78 is 18.5. The number of nitrogens with zero attached hydrogens (tertiary/aromatic N) is 1. The molecule has 1 N–H and O–H groups in total. The number of nitrogens with one attached hydrogen (secondary N) is 1. The normalized spacial score (nSPS) is 11.0. The number of thiophene rings is 1. The highest BCUT2D eigenvalue weighted by Gasteiger charge is 2.20. The summed E-state index contributed by atoms with van der Waals surface area (Å²) in [4.78, 5) is 30.0. The van der Waals surface area contributed by atoms with Crippen LogP contribution in [0.3, 0.4) is 0 Å². The van der Waals surface area contributed by atoms with Crippen LogP contribution >= 0.6 is 11.3 Å². The molecule has 144 valence electrons. The maximum Gasteiger partial charge on any atom is 0.341 e. The fourth-order valence-electron chi connectivity index (χ4n) is 2.08. The van der Waals surface area contributed by atoms with Gasteiger partial charge in [-0.1, -0.05) is 37.2 Å². The van der Waals surface area contributed by atoms with Crippen molar-refractivity contribution in [3.8, 4) is 0 Å². The van der Waals surface area contributed by atoms with Gasteiger partial charge in [0.1, 0.15) is 10.8 Å². The van der Waals surface area contributed by atoms with Crippen molar-refractivity contribution in [2.45, 2.75) is 26.7 Å².